The predicted molar refractivity (Wildman–Crippen MR) is 57.3 cm³/mol. The van der Waals surface area contributed by atoms with Crippen LogP contribution in [-0.2, 0) is 9.63 Å². The van der Waals surface area contributed by atoms with Crippen molar-refractivity contribution in [3.05, 3.63) is 35.9 Å². The summed E-state index contributed by atoms with van der Waals surface area (Å²) in [6.07, 6.45) is 0.879. The molecule has 0 saturated carbocycles. The van der Waals surface area contributed by atoms with Crippen LogP contribution in [0.25, 0.3) is 0 Å². The van der Waals surface area contributed by atoms with Crippen molar-refractivity contribution in [1.29, 1.82) is 0 Å². The molecule has 4 heteroatoms. The van der Waals surface area contributed by atoms with E-state index >= 15 is 0 Å². The maximum Gasteiger partial charge on any atom is 0.268 e. The van der Waals surface area contributed by atoms with Gasteiger partial charge in [-0.25, -0.2) is 5.06 Å². The summed E-state index contributed by atoms with van der Waals surface area (Å²) in [5.41, 5.74) is 0.805. The highest BCUT2D eigenvalue weighted by Gasteiger charge is 2.26. The minimum absolute atomic E-state index is 0.180. The largest absolute Gasteiger partial charge is 0.271 e. The van der Waals surface area contributed by atoms with Crippen LogP contribution in [0.2, 0.25) is 0 Å². The van der Waals surface area contributed by atoms with E-state index in [0.717, 1.165) is 12.0 Å². The van der Waals surface area contributed by atoms with Crippen LogP contribution in [0.3, 0.4) is 0 Å². The van der Waals surface area contributed by atoms with Crippen molar-refractivity contribution >= 4 is 17.5 Å². The van der Waals surface area contributed by atoms with Gasteiger partial charge < -0.3 is 0 Å². The van der Waals surface area contributed by atoms with Crippen molar-refractivity contribution in [1.82, 2.24) is 5.06 Å². The summed E-state index contributed by atoms with van der Waals surface area (Å²) in [5, 5.41) is 0.703. The minimum Gasteiger partial charge on any atom is -0.271 e. The predicted octanol–water partition coefficient (Wildman–Crippen LogP) is 2.13. The number of halogens is 1. The topological polar surface area (TPSA) is 29.5 Å². The van der Waals surface area contributed by atoms with E-state index < -0.39 is 5.38 Å². The molecular weight excluding hydrogens is 214 g/mol. The fourth-order valence-electron chi connectivity index (χ4n) is 1.51. The molecule has 1 unspecified atom stereocenters. The zero-order valence-electron chi connectivity index (χ0n) is 8.23. The average Bonchev–Trinajstić information content (AvgIpc) is 2.82. The first-order valence-electron chi connectivity index (χ1n) is 4.92. The Balaban J connectivity index is 2.07. The number of carbonyl (C=O) groups excluding carboxylic acids is 1. The van der Waals surface area contributed by atoms with E-state index in [0.29, 0.717) is 13.2 Å². The highest BCUT2D eigenvalue weighted by molar-refractivity contribution is 6.30. The molecule has 0 radical (unpaired) electrons. The van der Waals surface area contributed by atoms with Gasteiger partial charge in [0, 0.05) is 0 Å². The molecule has 1 aliphatic rings. The fourth-order valence-corrected chi connectivity index (χ4v) is 1.77. The molecule has 0 bridgehead atoms. The van der Waals surface area contributed by atoms with Crippen LogP contribution >= 0.6 is 11.6 Å². The van der Waals surface area contributed by atoms with Crippen LogP contribution in [0.4, 0.5) is 0 Å². The van der Waals surface area contributed by atoms with Crippen LogP contribution in [0, 0.1) is 0 Å². The molecule has 0 aliphatic carbocycles. The number of amides is 1. The summed E-state index contributed by atoms with van der Waals surface area (Å²) in [6.45, 7) is 1.24. The quantitative estimate of drug-likeness (QED) is 0.722. The van der Waals surface area contributed by atoms with Gasteiger partial charge in [0.15, 0.2) is 0 Å². The highest BCUT2D eigenvalue weighted by Crippen LogP contribution is 2.24. The van der Waals surface area contributed by atoms with Gasteiger partial charge in [0.05, 0.1) is 13.2 Å². The maximum atomic E-state index is 11.8. The van der Waals surface area contributed by atoms with Gasteiger partial charge in [0.2, 0.25) is 0 Å². The molecule has 0 N–H and O–H groups in total. The van der Waals surface area contributed by atoms with Crippen molar-refractivity contribution in [2.24, 2.45) is 0 Å². The van der Waals surface area contributed by atoms with E-state index in [9.17, 15) is 4.79 Å². The second-order valence-electron chi connectivity index (χ2n) is 3.40. The molecule has 1 saturated heterocycles. The van der Waals surface area contributed by atoms with Crippen molar-refractivity contribution in [2.45, 2.75) is 11.8 Å². The van der Waals surface area contributed by atoms with Crippen molar-refractivity contribution in [3.63, 3.8) is 0 Å². The summed E-state index contributed by atoms with van der Waals surface area (Å²) in [5.74, 6) is -0.180. The lowest BCUT2D eigenvalue weighted by atomic mass is 10.1. The monoisotopic (exact) mass is 225 g/mol. The van der Waals surface area contributed by atoms with Crippen LogP contribution < -0.4 is 0 Å². The van der Waals surface area contributed by atoms with Crippen LogP contribution in [0.1, 0.15) is 17.4 Å². The molecule has 0 spiro atoms. The van der Waals surface area contributed by atoms with Crippen molar-refractivity contribution in [3.8, 4) is 0 Å². The third kappa shape index (κ3) is 2.30. The zero-order chi connectivity index (χ0) is 10.7. The van der Waals surface area contributed by atoms with Gasteiger partial charge in [-0.1, -0.05) is 30.3 Å². The molecule has 0 aromatic heterocycles. The lowest BCUT2D eigenvalue weighted by molar-refractivity contribution is -0.168. The molecule has 1 aromatic carbocycles. The Hall–Kier alpha value is -1.06. The van der Waals surface area contributed by atoms with Gasteiger partial charge in [0.25, 0.3) is 5.91 Å². The molecule has 15 heavy (non-hydrogen) atoms. The Morgan fingerprint density at radius 1 is 1.40 bits per heavy atom. The van der Waals surface area contributed by atoms with Crippen molar-refractivity contribution < 1.29 is 9.63 Å². The SMILES string of the molecule is O=C(C(Cl)c1ccccc1)N1CCCO1. The molecule has 3 nitrogen and oxygen atoms in total. The number of carbonyl (C=O) groups is 1. The fraction of sp³-hybridized carbons (Fsp3) is 0.364. The number of alkyl halides is 1. The normalized spacial score (nSPS) is 17.8. The van der Waals surface area contributed by atoms with E-state index in [1.807, 2.05) is 30.3 Å². The molecule has 1 aliphatic heterocycles. The molecule has 1 heterocycles. The van der Waals surface area contributed by atoms with Crippen LogP contribution in [0.15, 0.2) is 30.3 Å². The first-order valence-corrected chi connectivity index (χ1v) is 5.36. The molecule has 1 aromatic rings. The van der Waals surface area contributed by atoms with E-state index in [-0.39, 0.29) is 5.91 Å². The number of hydrogen-bond donors (Lipinski definition) is 0. The molecule has 1 atom stereocenters. The number of benzene rings is 1. The Morgan fingerprint density at radius 2 is 2.13 bits per heavy atom. The first-order chi connectivity index (χ1) is 7.29. The lowest BCUT2D eigenvalue weighted by Crippen LogP contribution is -2.29. The van der Waals surface area contributed by atoms with Gasteiger partial charge in [-0.05, 0) is 12.0 Å². The summed E-state index contributed by atoms with van der Waals surface area (Å²) in [7, 11) is 0. The number of rotatable bonds is 2. The van der Waals surface area contributed by atoms with E-state index in [4.69, 9.17) is 16.4 Å². The third-order valence-electron chi connectivity index (χ3n) is 2.31. The van der Waals surface area contributed by atoms with Crippen LogP contribution in [-0.4, -0.2) is 24.1 Å². The van der Waals surface area contributed by atoms with Gasteiger partial charge >= 0.3 is 0 Å². The second kappa shape index (κ2) is 4.64. The first kappa shape index (κ1) is 10.5. The molecule has 1 amide bonds. The average molecular weight is 226 g/mol. The van der Waals surface area contributed by atoms with Crippen molar-refractivity contribution in [2.75, 3.05) is 13.2 Å². The smallest absolute Gasteiger partial charge is 0.268 e. The summed E-state index contributed by atoms with van der Waals surface area (Å²) < 4.78 is 0. The lowest BCUT2D eigenvalue weighted by Gasteiger charge is -2.17. The third-order valence-corrected chi connectivity index (χ3v) is 2.75. The molecular formula is C11H12ClNO2. The summed E-state index contributed by atoms with van der Waals surface area (Å²) in [6, 6.07) is 9.30. The molecule has 2 rings (SSSR count). The standard InChI is InChI=1S/C11H12ClNO2/c12-10(9-5-2-1-3-6-9)11(14)13-7-4-8-15-13/h1-3,5-6,10H,4,7-8H2. The Bertz CT molecular complexity index is 336. The maximum absolute atomic E-state index is 11.8. The van der Waals surface area contributed by atoms with Crippen LogP contribution in [0.5, 0.6) is 0 Å². The van der Waals surface area contributed by atoms with E-state index in [2.05, 4.69) is 0 Å². The number of nitrogens with zero attached hydrogens (tertiary/aromatic N) is 1. The van der Waals surface area contributed by atoms with Gasteiger partial charge in [-0.2, -0.15) is 0 Å². The highest BCUT2D eigenvalue weighted by atomic mass is 35.5. The molecule has 80 valence electrons. The number of hydroxylamine groups is 2. The Kier molecular flexibility index (Phi) is 3.23. The van der Waals surface area contributed by atoms with Gasteiger partial charge in [0.1, 0.15) is 5.38 Å². The molecule has 1 fully saturated rings. The minimum atomic E-state index is -0.649. The Labute approximate surface area is 93.5 Å². The van der Waals surface area contributed by atoms with Gasteiger partial charge in [-0.3, -0.25) is 9.63 Å². The van der Waals surface area contributed by atoms with E-state index in [1.54, 1.807) is 0 Å². The Morgan fingerprint density at radius 3 is 2.73 bits per heavy atom. The van der Waals surface area contributed by atoms with E-state index in [1.165, 1.54) is 5.06 Å². The zero-order valence-corrected chi connectivity index (χ0v) is 8.98. The summed E-state index contributed by atoms with van der Waals surface area (Å²) >= 11 is 6.07. The second-order valence-corrected chi connectivity index (χ2v) is 3.84. The number of hydrogen-bond acceptors (Lipinski definition) is 2. The van der Waals surface area contributed by atoms with Gasteiger partial charge in [-0.15, -0.1) is 11.6 Å². The summed E-state index contributed by atoms with van der Waals surface area (Å²) in [4.78, 5) is 17.0.